The maximum Gasteiger partial charge on any atom is 0.246 e. The van der Waals surface area contributed by atoms with Crippen LogP contribution in [0, 0.1) is 0 Å². The van der Waals surface area contributed by atoms with E-state index >= 15 is 0 Å². The van der Waals surface area contributed by atoms with Gasteiger partial charge in [-0.05, 0) is 25.8 Å². The molecular formula is C17H24ClNO3. The standard InChI is InChI=1S/C17H24ClNO3/c1-12(17(21-2)14-9-5-6-10-15(14)18)19-16(20)11-22-13-7-3-4-8-13/h5-6,9-10,12-13,17H,3-4,7-8,11H2,1-2H3,(H,19,20)/t12-,17-/m1/s1. The van der Waals surface area contributed by atoms with Crippen LogP contribution in [-0.2, 0) is 14.3 Å². The van der Waals surface area contributed by atoms with Crippen LogP contribution >= 0.6 is 11.6 Å². The molecule has 1 amide bonds. The zero-order chi connectivity index (χ0) is 15.9. The summed E-state index contributed by atoms with van der Waals surface area (Å²) in [6.07, 6.45) is 4.46. The van der Waals surface area contributed by atoms with Crippen LogP contribution in [0.3, 0.4) is 0 Å². The molecule has 122 valence electrons. The van der Waals surface area contributed by atoms with Crippen LogP contribution in [0.2, 0.25) is 5.02 Å². The van der Waals surface area contributed by atoms with Gasteiger partial charge in [0.2, 0.25) is 5.91 Å². The van der Waals surface area contributed by atoms with Gasteiger partial charge < -0.3 is 14.8 Å². The Morgan fingerprint density at radius 3 is 2.68 bits per heavy atom. The number of hydrogen-bond donors (Lipinski definition) is 1. The number of nitrogens with one attached hydrogen (secondary N) is 1. The Hall–Kier alpha value is -1.10. The Morgan fingerprint density at radius 1 is 1.36 bits per heavy atom. The smallest absolute Gasteiger partial charge is 0.246 e. The Bertz CT molecular complexity index is 489. The normalized spacial score (nSPS) is 18.1. The number of methoxy groups -OCH3 is 1. The third-order valence-electron chi connectivity index (χ3n) is 4.06. The van der Waals surface area contributed by atoms with Gasteiger partial charge in [-0.3, -0.25) is 4.79 Å². The highest BCUT2D eigenvalue weighted by Crippen LogP contribution is 2.27. The third-order valence-corrected chi connectivity index (χ3v) is 4.40. The van der Waals surface area contributed by atoms with Gasteiger partial charge in [0.05, 0.1) is 12.1 Å². The van der Waals surface area contributed by atoms with Crippen LogP contribution in [0.25, 0.3) is 0 Å². The summed E-state index contributed by atoms with van der Waals surface area (Å²) < 4.78 is 11.1. The number of amides is 1. The molecule has 1 saturated carbocycles. The van der Waals surface area contributed by atoms with Gasteiger partial charge in [-0.2, -0.15) is 0 Å². The zero-order valence-electron chi connectivity index (χ0n) is 13.2. The fourth-order valence-corrected chi connectivity index (χ4v) is 3.17. The summed E-state index contributed by atoms with van der Waals surface area (Å²) in [4.78, 5) is 12.0. The molecule has 4 nitrogen and oxygen atoms in total. The third kappa shape index (κ3) is 4.70. The molecule has 2 atom stereocenters. The summed E-state index contributed by atoms with van der Waals surface area (Å²) >= 11 is 6.21. The monoisotopic (exact) mass is 325 g/mol. The van der Waals surface area contributed by atoms with Crippen LogP contribution in [0.15, 0.2) is 24.3 Å². The zero-order valence-corrected chi connectivity index (χ0v) is 13.9. The van der Waals surface area contributed by atoms with E-state index in [9.17, 15) is 4.79 Å². The lowest BCUT2D eigenvalue weighted by Gasteiger charge is -2.25. The number of ether oxygens (including phenoxy) is 2. The maximum atomic E-state index is 12.0. The van der Waals surface area contributed by atoms with E-state index in [1.54, 1.807) is 7.11 Å². The minimum Gasteiger partial charge on any atom is -0.375 e. The number of hydrogen-bond acceptors (Lipinski definition) is 3. The minimum atomic E-state index is -0.288. The molecule has 1 aliphatic rings. The number of rotatable bonds is 7. The van der Waals surface area contributed by atoms with Crippen molar-refractivity contribution in [3.8, 4) is 0 Å². The molecule has 0 heterocycles. The van der Waals surface area contributed by atoms with E-state index in [1.165, 1.54) is 12.8 Å². The lowest BCUT2D eigenvalue weighted by molar-refractivity contribution is -0.129. The molecule has 0 aliphatic heterocycles. The first kappa shape index (κ1) is 17.3. The SMILES string of the molecule is CO[C@@H](c1ccccc1Cl)[C@@H](C)NC(=O)COC1CCCC1. The predicted molar refractivity (Wildman–Crippen MR) is 87.0 cm³/mol. The molecule has 0 spiro atoms. The molecular weight excluding hydrogens is 302 g/mol. The molecule has 1 aliphatic carbocycles. The molecule has 1 fully saturated rings. The van der Waals surface area contributed by atoms with Gasteiger partial charge in [0.25, 0.3) is 0 Å². The molecule has 0 unspecified atom stereocenters. The first-order chi connectivity index (χ1) is 10.6. The Morgan fingerprint density at radius 2 is 2.05 bits per heavy atom. The highest BCUT2D eigenvalue weighted by atomic mass is 35.5. The van der Waals surface area contributed by atoms with Gasteiger partial charge in [0, 0.05) is 17.7 Å². The molecule has 0 saturated heterocycles. The molecule has 2 rings (SSSR count). The molecule has 0 bridgehead atoms. The van der Waals surface area contributed by atoms with Crippen molar-refractivity contribution in [2.75, 3.05) is 13.7 Å². The second-order valence-corrected chi connectivity index (χ2v) is 6.16. The van der Waals surface area contributed by atoms with E-state index in [-0.39, 0.29) is 30.8 Å². The van der Waals surface area contributed by atoms with Crippen LogP contribution in [0.5, 0.6) is 0 Å². The van der Waals surface area contributed by atoms with Crippen LogP contribution < -0.4 is 5.32 Å². The Balaban J connectivity index is 1.87. The summed E-state index contributed by atoms with van der Waals surface area (Å²) in [6.45, 7) is 2.01. The highest BCUT2D eigenvalue weighted by molar-refractivity contribution is 6.31. The number of carbonyl (C=O) groups excluding carboxylic acids is 1. The van der Waals surface area contributed by atoms with Crippen molar-refractivity contribution in [3.63, 3.8) is 0 Å². The average Bonchev–Trinajstić information content (AvgIpc) is 3.01. The summed E-state index contributed by atoms with van der Waals surface area (Å²) in [5, 5.41) is 3.57. The molecule has 22 heavy (non-hydrogen) atoms. The average molecular weight is 326 g/mol. The van der Waals surface area contributed by atoms with Crippen molar-refractivity contribution in [2.24, 2.45) is 0 Å². The maximum absolute atomic E-state index is 12.0. The first-order valence-corrected chi connectivity index (χ1v) is 8.17. The molecule has 1 aromatic carbocycles. The minimum absolute atomic E-state index is 0.105. The fraction of sp³-hybridized carbons (Fsp3) is 0.588. The largest absolute Gasteiger partial charge is 0.375 e. The van der Waals surface area contributed by atoms with Gasteiger partial charge in [0.1, 0.15) is 12.7 Å². The first-order valence-electron chi connectivity index (χ1n) is 7.80. The lowest BCUT2D eigenvalue weighted by atomic mass is 10.0. The molecule has 5 heteroatoms. The Labute approximate surface area is 137 Å². The van der Waals surface area contributed by atoms with Gasteiger partial charge >= 0.3 is 0 Å². The van der Waals surface area contributed by atoms with E-state index in [4.69, 9.17) is 21.1 Å². The van der Waals surface area contributed by atoms with Crippen molar-refractivity contribution in [1.29, 1.82) is 0 Å². The van der Waals surface area contributed by atoms with Crippen LogP contribution in [0.1, 0.15) is 44.3 Å². The summed E-state index contributed by atoms with van der Waals surface area (Å²) in [5.74, 6) is -0.117. The van der Waals surface area contributed by atoms with Crippen molar-refractivity contribution in [1.82, 2.24) is 5.32 Å². The van der Waals surface area contributed by atoms with Gasteiger partial charge in [0.15, 0.2) is 0 Å². The van der Waals surface area contributed by atoms with Gasteiger partial charge in [-0.1, -0.05) is 42.6 Å². The van der Waals surface area contributed by atoms with Crippen molar-refractivity contribution in [2.45, 2.75) is 50.9 Å². The second kappa shape index (κ2) is 8.51. The van der Waals surface area contributed by atoms with E-state index in [0.29, 0.717) is 5.02 Å². The summed E-state index contributed by atoms with van der Waals surface area (Å²) in [7, 11) is 1.62. The highest BCUT2D eigenvalue weighted by Gasteiger charge is 2.23. The number of halogens is 1. The van der Waals surface area contributed by atoms with E-state index in [1.807, 2.05) is 31.2 Å². The number of carbonyl (C=O) groups is 1. The summed E-state index contributed by atoms with van der Waals surface area (Å²) in [5.41, 5.74) is 0.871. The van der Waals surface area contributed by atoms with Crippen LogP contribution in [-0.4, -0.2) is 31.8 Å². The lowest BCUT2D eigenvalue weighted by Crippen LogP contribution is -2.40. The summed E-state index contributed by atoms with van der Waals surface area (Å²) in [6, 6.07) is 7.32. The molecule has 1 aromatic rings. The number of benzene rings is 1. The topological polar surface area (TPSA) is 47.6 Å². The second-order valence-electron chi connectivity index (χ2n) is 5.75. The van der Waals surface area contributed by atoms with Crippen molar-refractivity contribution >= 4 is 17.5 Å². The Kier molecular flexibility index (Phi) is 6.68. The van der Waals surface area contributed by atoms with Gasteiger partial charge in [-0.15, -0.1) is 0 Å². The van der Waals surface area contributed by atoms with Crippen molar-refractivity contribution < 1.29 is 14.3 Å². The van der Waals surface area contributed by atoms with Crippen molar-refractivity contribution in [3.05, 3.63) is 34.9 Å². The van der Waals surface area contributed by atoms with E-state index in [2.05, 4.69) is 5.32 Å². The molecule has 1 N–H and O–H groups in total. The van der Waals surface area contributed by atoms with Gasteiger partial charge in [-0.25, -0.2) is 0 Å². The van der Waals surface area contributed by atoms with E-state index < -0.39 is 0 Å². The van der Waals surface area contributed by atoms with E-state index in [0.717, 1.165) is 18.4 Å². The molecule has 0 aromatic heterocycles. The quantitative estimate of drug-likeness (QED) is 0.834. The predicted octanol–water partition coefficient (Wildman–Crippen LogP) is 3.49. The fourth-order valence-electron chi connectivity index (χ4n) is 2.93. The molecule has 0 radical (unpaired) electrons. The van der Waals surface area contributed by atoms with Crippen LogP contribution in [0.4, 0.5) is 0 Å².